The van der Waals surface area contributed by atoms with Crippen molar-refractivity contribution >= 4 is 17.4 Å². The molecule has 146 valence electrons. The lowest BCUT2D eigenvalue weighted by atomic mass is 10.1. The molecule has 0 saturated heterocycles. The molecule has 0 radical (unpaired) electrons. The van der Waals surface area contributed by atoms with Crippen molar-refractivity contribution in [2.45, 2.75) is 20.3 Å². The third kappa shape index (κ3) is 5.51. The van der Waals surface area contributed by atoms with Gasteiger partial charge in [0.1, 0.15) is 5.82 Å². The molecular formula is C20H27N3O4. The van der Waals surface area contributed by atoms with E-state index < -0.39 is 0 Å². The van der Waals surface area contributed by atoms with E-state index in [0.29, 0.717) is 46.8 Å². The quantitative estimate of drug-likeness (QED) is 0.699. The van der Waals surface area contributed by atoms with Crippen molar-refractivity contribution in [1.29, 1.82) is 0 Å². The van der Waals surface area contributed by atoms with E-state index in [-0.39, 0.29) is 5.91 Å². The molecule has 0 saturated carbocycles. The molecule has 0 atom stereocenters. The Morgan fingerprint density at radius 1 is 1.07 bits per heavy atom. The Balaban J connectivity index is 2.17. The number of ether oxygens (including phenoxy) is 3. The van der Waals surface area contributed by atoms with Gasteiger partial charge in [0.25, 0.3) is 5.91 Å². The van der Waals surface area contributed by atoms with Gasteiger partial charge in [-0.15, -0.1) is 0 Å². The molecule has 2 N–H and O–H groups in total. The Morgan fingerprint density at radius 2 is 1.74 bits per heavy atom. The van der Waals surface area contributed by atoms with Crippen LogP contribution in [0.4, 0.5) is 11.5 Å². The third-order valence-electron chi connectivity index (χ3n) is 3.97. The van der Waals surface area contributed by atoms with E-state index in [0.717, 1.165) is 6.42 Å². The van der Waals surface area contributed by atoms with Gasteiger partial charge in [-0.3, -0.25) is 4.79 Å². The van der Waals surface area contributed by atoms with Crippen LogP contribution in [-0.4, -0.2) is 38.8 Å². The zero-order valence-electron chi connectivity index (χ0n) is 16.5. The smallest absolute Gasteiger partial charge is 0.251 e. The van der Waals surface area contributed by atoms with Crippen molar-refractivity contribution in [1.82, 2.24) is 10.3 Å². The highest BCUT2D eigenvalue weighted by molar-refractivity contribution is 5.94. The number of anilines is 2. The minimum atomic E-state index is -0.119. The lowest BCUT2D eigenvalue weighted by molar-refractivity contribution is 0.0952. The molecule has 1 amide bonds. The SMILES string of the molecule is COc1cc(Nc2cc(C(=O)NCCC(C)C)ccn2)cc(OC)c1OC. The van der Waals surface area contributed by atoms with Crippen LogP contribution in [0.15, 0.2) is 30.5 Å². The van der Waals surface area contributed by atoms with Crippen LogP contribution in [0.3, 0.4) is 0 Å². The summed E-state index contributed by atoms with van der Waals surface area (Å²) in [5, 5.41) is 6.09. The van der Waals surface area contributed by atoms with Crippen LogP contribution >= 0.6 is 0 Å². The van der Waals surface area contributed by atoms with Gasteiger partial charge in [-0.1, -0.05) is 13.8 Å². The van der Waals surface area contributed by atoms with E-state index in [9.17, 15) is 4.79 Å². The molecule has 2 aromatic rings. The Labute approximate surface area is 160 Å². The van der Waals surface area contributed by atoms with Crippen LogP contribution in [0.5, 0.6) is 17.2 Å². The first kappa shape index (κ1) is 20.4. The molecule has 1 aromatic heterocycles. The molecule has 0 aliphatic heterocycles. The summed E-state index contributed by atoms with van der Waals surface area (Å²) in [7, 11) is 4.67. The average molecular weight is 373 g/mol. The molecule has 0 aliphatic rings. The fraction of sp³-hybridized carbons (Fsp3) is 0.400. The minimum absolute atomic E-state index is 0.119. The number of methoxy groups -OCH3 is 3. The summed E-state index contributed by atoms with van der Waals surface area (Å²) >= 11 is 0. The first-order valence-electron chi connectivity index (χ1n) is 8.79. The summed E-state index contributed by atoms with van der Waals surface area (Å²) in [5.74, 6) is 2.53. The summed E-state index contributed by atoms with van der Waals surface area (Å²) in [6.07, 6.45) is 2.53. The van der Waals surface area contributed by atoms with Crippen molar-refractivity contribution in [2.75, 3.05) is 33.2 Å². The predicted molar refractivity (Wildman–Crippen MR) is 105 cm³/mol. The standard InChI is InChI=1S/C20H27N3O4/c1-13(2)6-8-22-20(24)14-7-9-21-18(10-14)23-15-11-16(25-3)19(27-5)17(12-15)26-4/h7,9-13H,6,8H2,1-5H3,(H,21,23)(H,22,24). The second-order valence-corrected chi connectivity index (χ2v) is 6.41. The van der Waals surface area contributed by atoms with E-state index in [1.54, 1.807) is 51.8 Å². The number of amides is 1. The average Bonchev–Trinajstić information content (AvgIpc) is 2.66. The Bertz CT molecular complexity index is 753. The van der Waals surface area contributed by atoms with Gasteiger partial charge in [0.2, 0.25) is 5.75 Å². The highest BCUT2D eigenvalue weighted by Crippen LogP contribution is 2.40. The van der Waals surface area contributed by atoms with Gasteiger partial charge in [-0.25, -0.2) is 4.98 Å². The molecule has 7 heteroatoms. The number of hydrogen-bond donors (Lipinski definition) is 2. The second kappa shape index (κ2) is 9.66. The fourth-order valence-corrected chi connectivity index (χ4v) is 2.52. The molecule has 0 bridgehead atoms. The maximum absolute atomic E-state index is 12.3. The Morgan fingerprint density at radius 3 is 2.30 bits per heavy atom. The predicted octanol–water partition coefficient (Wildman–Crippen LogP) is 3.63. The van der Waals surface area contributed by atoms with Gasteiger partial charge in [0.15, 0.2) is 11.5 Å². The molecule has 1 aromatic carbocycles. The number of aromatic nitrogens is 1. The Kier molecular flexibility index (Phi) is 7.28. The lowest BCUT2D eigenvalue weighted by Gasteiger charge is -2.15. The highest BCUT2D eigenvalue weighted by Gasteiger charge is 2.14. The fourth-order valence-electron chi connectivity index (χ4n) is 2.52. The van der Waals surface area contributed by atoms with Gasteiger partial charge < -0.3 is 24.8 Å². The number of benzene rings is 1. The maximum Gasteiger partial charge on any atom is 0.251 e. The lowest BCUT2D eigenvalue weighted by Crippen LogP contribution is -2.25. The monoisotopic (exact) mass is 373 g/mol. The first-order valence-corrected chi connectivity index (χ1v) is 8.79. The topological polar surface area (TPSA) is 81.7 Å². The van der Waals surface area contributed by atoms with E-state index >= 15 is 0 Å². The number of pyridine rings is 1. The maximum atomic E-state index is 12.3. The van der Waals surface area contributed by atoms with E-state index in [1.807, 2.05) is 0 Å². The number of hydrogen-bond acceptors (Lipinski definition) is 6. The van der Waals surface area contributed by atoms with Crippen LogP contribution in [0, 0.1) is 5.92 Å². The molecule has 0 fully saturated rings. The minimum Gasteiger partial charge on any atom is -0.493 e. The highest BCUT2D eigenvalue weighted by atomic mass is 16.5. The van der Waals surface area contributed by atoms with Gasteiger partial charge in [-0.2, -0.15) is 0 Å². The second-order valence-electron chi connectivity index (χ2n) is 6.41. The number of rotatable bonds is 9. The number of carbonyl (C=O) groups excluding carboxylic acids is 1. The van der Waals surface area contributed by atoms with Crippen LogP contribution in [-0.2, 0) is 0 Å². The van der Waals surface area contributed by atoms with Crippen molar-refractivity contribution in [3.8, 4) is 17.2 Å². The van der Waals surface area contributed by atoms with Gasteiger partial charge >= 0.3 is 0 Å². The largest absolute Gasteiger partial charge is 0.493 e. The summed E-state index contributed by atoms with van der Waals surface area (Å²) in [6, 6.07) is 6.94. The number of nitrogens with one attached hydrogen (secondary N) is 2. The molecule has 2 rings (SSSR count). The Hall–Kier alpha value is -2.96. The molecule has 0 unspecified atom stereocenters. The normalized spacial score (nSPS) is 10.4. The van der Waals surface area contributed by atoms with Gasteiger partial charge in [0.05, 0.1) is 21.3 Å². The van der Waals surface area contributed by atoms with E-state index in [2.05, 4.69) is 29.5 Å². The molecular weight excluding hydrogens is 346 g/mol. The number of nitrogens with zero attached hydrogens (tertiary/aromatic N) is 1. The van der Waals surface area contributed by atoms with Crippen molar-refractivity contribution in [2.24, 2.45) is 5.92 Å². The van der Waals surface area contributed by atoms with Gasteiger partial charge in [-0.05, 0) is 24.5 Å². The first-order chi connectivity index (χ1) is 13.0. The van der Waals surface area contributed by atoms with Crippen LogP contribution in [0.1, 0.15) is 30.6 Å². The summed E-state index contributed by atoms with van der Waals surface area (Å²) in [6.45, 7) is 4.89. The molecule has 0 aliphatic carbocycles. The summed E-state index contributed by atoms with van der Waals surface area (Å²) in [5.41, 5.74) is 1.25. The van der Waals surface area contributed by atoms with Crippen LogP contribution in [0.25, 0.3) is 0 Å². The summed E-state index contributed by atoms with van der Waals surface area (Å²) in [4.78, 5) is 16.6. The van der Waals surface area contributed by atoms with Gasteiger partial charge in [0, 0.05) is 36.1 Å². The molecule has 1 heterocycles. The van der Waals surface area contributed by atoms with Crippen molar-refractivity contribution in [3.63, 3.8) is 0 Å². The van der Waals surface area contributed by atoms with E-state index in [4.69, 9.17) is 14.2 Å². The zero-order chi connectivity index (χ0) is 19.8. The van der Waals surface area contributed by atoms with Crippen molar-refractivity contribution < 1.29 is 19.0 Å². The molecule has 0 spiro atoms. The van der Waals surface area contributed by atoms with Crippen LogP contribution < -0.4 is 24.8 Å². The third-order valence-corrected chi connectivity index (χ3v) is 3.97. The van der Waals surface area contributed by atoms with Crippen molar-refractivity contribution in [3.05, 3.63) is 36.0 Å². The zero-order valence-corrected chi connectivity index (χ0v) is 16.5. The summed E-state index contributed by atoms with van der Waals surface area (Å²) < 4.78 is 16.0. The van der Waals surface area contributed by atoms with Crippen LogP contribution in [0.2, 0.25) is 0 Å². The van der Waals surface area contributed by atoms with E-state index in [1.165, 1.54) is 0 Å². The molecule has 7 nitrogen and oxygen atoms in total. The number of carbonyl (C=O) groups is 1. The molecule has 27 heavy (non-hydrogen) atoms.